The highest BCUT2D eigenvalue weighted by Gasteiger charge is 2.47. The Kier molecular flexibility index (Phi) is 5.28. The molecule has 1 aliphatic rings. The van der Waals surface area contributed by atoms with Crippen molar-refractivity contribution >= 4 is 29.5 Å². The van der Waals surface area contributed by atoms with Crippen LogP contribution in [0.2, 0.25) is 0 Å². The predicted molar refractivity (Wildman–Crippen MR) is 82.6 cm³/mol. The molecule has 9 nitrogen and oxygen atoms in total. The Labute approximate surface area is 142 Å². The maximum Gasteiger partial charge on any atom is 0.336 e. The van der Waals surface area contributed by atoms with E-state index in [1.165, 1.54) is 12.1 Å². The molecular formula is C16H16N2O7. The molecule has 2 amide bonds. The Balaban J connectivity index is 2.34. The second kappa shape index (κ2) is 7.22. The van der Waals surface area contributed by atoms with Crippen LogP contribution in [0.3, 0.4) is 0 Å². The van der Waals surface area contributed by atoms with Gasteiger partial charge in [-0.1, -0.05) is 12.1 Å². The molecule has 0 spiro atoms. The molecule has 2 rings (SSSR count). The van der Waals surface area contributed by atoms with Gasteiger partial charge in [0.25, 0.3) is 11.8 Å². The van der Waals surface area contributed by atoms with Crippen LogP contribution in [-0.4, -0.2) is 58.7 Å². The van der Waals surface area contributed by atoms with Gasteiger partial charge in [-0.2, -0.15) is 0 Å². The summed E-state index contributed by atoms with van der Waals surface area (Å²) in [5.74, 6) is -4.86. The van der Waals surface area contributed by atoms with Gasteiger partial charge in [-0.3, -0.25) is 24.1 Å². The van der Waals surface area contributed by atoms with Crippen LogP contribution in [0.25, 0.3) is 0 Å². The second-order valence-corrected chi connectivity index (χ2v) is 5.39. The summed E-state index contributed by atoms with van der Waals surface area (Å²) < 4.78 is 4.54. The number of carboxylic acids is 1. The van der Waals surface area contributed by atoms with Crippen LogP contribution >= 0.6 is 0 Å². The SMILES string of the molecule is COC(=O)[C@H](C(=O)[C@@H](N)CCC(=O)O)N1C(=O)c2ccccc2C1=O. The van der Waals surface area contributed by atoms with Gasteiger partial charge in [-0.05, 0) is 18.6 Å². The highest BCUT2D eigenvalue weighted by atomic mass is 16.5. The smallest absolute Gasteiger partial charge is 0.336 e. The molecule has 3 N–H and O–H groups in total. The van der Waals surface area contributed by atoms with E-state index in [1.807, 2.05) is 0 Å². The lowest BCUT2D eigenvalue weighted by molar-refractivity contribution is -0.149. The molecule has 0 saturated heterocycles. The van der Waals surface area contributed by atoms with E-state index >= 15 is 0 Å². The fourth-order valence-electron chi connectivity index (χ4n) is 2.53. The third-order valence-corrected chi connectivity index (χ3v) is 3.81. The highest BCUT2D eigenvalue weighted by molar-refractivity contribution is 6.25. The lowest BCUT2D eigenvalue weighted by Gasteiger charge is -2.25. The fourth-order valence-corrected chi connectivity index (χ4v) is 2.53. The average molecular weight is 348 g/mol. The zero-order valence-electron chi connectivity index (χ0n) is 13.3. The van der Waals surface area contributed by atoms with E-state index in [2.05, 4.69) is 4.74 Å². The number of benzene rings is 1. The summed E-state index contributed by atoms with van der Waals surface area (Å²) in [6, 6.07) is 2.69. The number of esters is 1. The number of carboxylic acid groups (broad SMARTS) is 1. The minimum absolute atomic E-state index is 0.0633. The molecule has 0 bridgehead atoms. The van der Waals surface area contributed by atoms with E-state index < -0.39 is 48.0 Å². The van der Waals surface area contributed by atoms with E-state index in [0.29, 0.717) is 4.90 Å². The number of carbonyl (C=O) groups excluding carboxylic acids is 4. The predicted octanol–water partition coefficient (Wildman–Crippen LogP) is -0.415. The van der Waals surface area contributed by atoms with Gasteiger partial charge in [-0.25, -0.2) is 4.79 Å². The number of nitrogens with two attached hydrogens (primary N) is 1. The maximum atomic E-state index is 12.5. The Morgan fingerprint density at radius 3 is 2.12 bits per heavy atom. The topological polar surface area (TPSA) is 144 Å². The quantitative estimate of drug-likeness (QED) is 0.384. The highest BCUT2D eigenvalue weighted by Crippen LogP contribution is 2.25. The minimum Gasteiger partial charge on any atom is -0.481 e. The summed E-state index contributed by atoms with van der Waals surface area (Å²) in [4.78, 5) is 60.7. The molecule has 2 atom stereocenters. The summed E-state index contributed by atoms with van der Waals surface area (Å²) in [5.41, 5.74) is 5.78. The number of imide groups is 1. The number of amides is 2. The van der Waals surface area contributed by atoms with E-state index in [-0.39, 0.29) is 17.5 Å². The Bertz CT molecular complexity index is 724. The number of aliphatic carboxylic acids is 1. The molecule has 0 saturated carbocycles. The van der Waals surface area contributed by atoms with Gasteiger partial charge >= 0.3 is 11.9 Å². The van der Waals surface area contributed by atoms with E-state index in [0.717, 1.165) is 7.11 Å². The first-order valence-electron chi connectivity index (χ1n) is 7.35. The summed E-state index contributed by atoms with van der Waals surface area (Å²) in [6.45, 7) is 0. The molecule has 0 unspecified atom stereocenters. The zero-order valence-corrected chi connectivity index (χ0v) is 13.3. The number of Topliss-reactive ketones (excluding diaryl/α,β-unsaturated/α-hetero) is 1. The number of hydrogen-bond acceptors (Lipinski definition) is 7. The van der Waals surface area contributed by atoms with Crippen molar-refractivity contribution in [2.24, 2.45) is 5.73 Å². The fraction of sp³-hybridized carbons (Fsp3) is 0.312. The number of ketones is 1. The molecule has 1 heterocycles. The Hall–Kier alpha value is -3.07. The second-order valence-electron chi connectivity index (χ2n) is 5.39. The van der Waals surface area contributed by atoms with Crippen molar-refractivity contribution in [2.75, 3.05) is 7.11 Å². The molecule has 1 aliphatic heterocycles. The van der Waals surface area contributed by atoms with Crippen molar-refractivity contribution in [3.63, 3.8) is 0 Å². The van der Waals surface area contributed by atoms with E-state index in [9.17, 15) is 24.0 Å². The first-order valence-corrected chi connectivity index (χ1v) is 7.35. The number of hydrogen-bond donors (Lipinski definition) is 2. The molecular weight excluding hydrogens is 332 g/mol. The van der Waals surface area contributed by atoms with Crippen molar-refractivity contribution in [3.8, 4) is 0 Å². The van der Waals surface area contributed by atoms with Crippen LogP contribution in [0.5, 0.6) is 0 Å². The molecule has 25 heavy (non-hydrogen) atoms. The third kappa shape index (κ3) is 3.41. The Morgan fingerprint density at radius 2 is 1.68 bits per heavy atom. The van der Waals surface area contributed by atoms with Gasteiger partial charge in [0.1, 0.15) is 0 Å². The summed E-state index contributed by atoms with van der Waals surface area (Å²) in [7, 11) is 1.00. The van der Waals surface area contributed by atoms with Crippen LogP contribution in [0, 0.1) is 0 Å². The van der Waals surface area contributed by atoms with Crippen molar-refractivity contribution in [3.05, 3.63) is 35.4 Å². The van der Waals surface area contributed by atoms with Gasteiger partial charge in [0, 0.05) is 6.42 Å². The van der Waals surface area contributed by atoms with Crippen molar-refractivity contribution in [1.29, 1.82) is 0 Å². The average Bonchev–Trinajstić information content (AvgIpc) is 2.85. The molecule has 1 aromatic carbocycles. The van der Waals surface area contributed by atoms with Crippen molar-refractivity contribution < 1.29 is 33.8 Å². The summed E-state index contributed by atoms with van der Waals surface area (Å²) in [5, 5.41) is 8.67. The first-order chi connectivity index (χ1) is 11.8. The number of methoxy groups -OCH3 is 1. The molecule has 132 valence electrons. The van der Waals surface area contributed by atoms with Crippen molar-refractivity contribution in [2.45, 2.75) is 24.9 Å². The molecule has 0 fully saturated rings. The lowest BCUT2D eigenvalue weighted by Crippen LogP contribution is -2.55. The first kappa shape index (κ1) is 18.3. The molecule has 9 heteroatoms. The van der Waals surface area contributed by atoms with E-state index in [1.54, 1.807) is 12.1 Å². The van der Waals surface area contributed by atoms with Gasteiger partial charge in [-0.15, -0.1) is 0 Å². The van der Waals surface area contributed by atoms with Crippen LogP contribution in [0.4, 0.5) is 0 Å². The van der Waals surface area contributed by atoms with Crippen LogP contribution in [0.15, 0.2) is 24.3 Å². The van der Waals surface area contributed by atoms with E-state index in [4.69, 9.17) is 10.8 Å². The number of rotatable bonds is 7. The van der Waals surface area contributed by atoms with Crippen LogP contribution < -0.4 is 5.73 Å². The Morgan fingerprint density at radius 1 is 1.16 bits per heavy atom. The summed E-state index contributed by atoms with van der Waals surface area (Å²) >= 11 is 0. The van der Waals surface area contributed by atoms with Gasteiger partial charge < -0.3 is 15.6 Å². The molecule has 0 aliphatic carbocycles. The minimum atomic E-state index is -1.86. The largest absolute Gasteiger partial charge is 0.481 e. The van der Waals surface area contributed by atoms with Crippen molar-refractivity contribution in [1.82, 2.24) is 4.90 Å². The number of ether oxygens (including phenoxy) is 1. The number of carbonyl (C=O) groups is 5. The van der Waals surface area contributed by atoms with Crippen LogP contribution in [0.1, 0.15) is 33.6 Å². The standard InChI is InChI=1S/C16H16N2O7/c1-25-16(24)12(13(21)10(17)6-7-11(19)20)18-14(22)8-4-2-3-5-9(8)15(18)23/h2-5,10,12H,6-7,17H2,1H3,(H,19,20)/t10-,12-/m0/s1. The lowest BCUT2D eigenvalue weighted by atomic mass is 10.00. The number of nitrogens with zero attached hydrogens (tertiary/aromatic N) is 1. The summed E-state index contributed by atoms with van der Waals surface area (Å²) in [6.07, 6.45) is -0.645. The number of fused-ring (bicyclic) bond motifs is 1. The maximum absolute atomic E-state index is 12.5. The van der Waals surface area contributed by atoms with Gasteiger partial charge in [0.15, 0.2) is 11.8 Å². The molecule has 0 radical (unpaired) electrons. The zero-order chi connectivity index (χ0) is 18.7. The van der Waals surface area contributed by atoms with Gasteiger partial charge in [0.2, 0.25) is 0 Å². The molecule has 1 aromatic rings. The normalized spacial score (nSPS) is 15.5. The van der Waals surface area contributed by atoms with Crippen LogP contribution in [-0.2, 0) is 19.1 Å². The molecule has 0 aromatic heterocycles. The third-order valence-electron chi connectivity index (χ3n) is 3.81. The van der Waals surface area contributed by atoms with Gasteiger partial charge in [0.05, 0.1) is 24.3 Å². The monoisotopic (exact) mass is 348 g/mol.